The molecule has 1 aliphatic rings. The Morgan fingerprint density at radius 2 is 1.64 bits per heavy atom. The molecule has 140 valence electrons. The molecule has 2 amide bonds. The second-order valence-electron chi connectivity index (χ2n) is 6.54. The van der Waals surface area contributed by atoms with Gasteiger partial charge in [0.05, 0.1) is 5.92 Å². The van der Waals surface area contributed by atoms with E-state index in [9.17, 15) is 18.4 Å². The predicted molar refractivity (Wildman–Crippen MR) is 102 cm³/mol. The highest BCUT2D eigenvalue weighted by Gasteiger charge is 2.30. The minimum atomic E-state index is -0.569. The Bertz CT molecular complexity index is 1060. The van der Waals surface area contributed by atoms with Crippen LogP contribution in [0.5, 0.6) is 0 Å². The zero-order valence-corrected chi connectivity index (χ0v) is 14.7. The van der Waals surface area contributed by atoms with E-state index in [-0.39, 0.29) is 18.4 Å². The van der Waals surface area contributed by atoms with Gasteiger partial charge in [-0.15, -0.1) is 0 Å². The molecule has 0 aromatic heterocycles. The van der Waals surface area contributed by atoms with E-state index in [1.54, 1.807) is 24.3 Å². The van der Waals surface area contributed by atoms with Crippen molar-refractivity contribution in [3.8, 4) is 11.1 Å². The molecule has 2 N–H and O–H groups in total. The molecule has 0 bridgehead atoms. The summed E-state index contributed by atoms with van der Waals surface area (Å²) in [7, 11) is 0. The van der Waals surface area contributed by atoms with Gasteiger partial charge in [0.25, 0.3) is 5.91 Å². The highest BCUT2D eigenvalue weighted by molar-refractivity contribution is 6.04. The molecule has 0 radical (unpaired) electrons. The van der Waals surface area contributed by atoms with Gasteiger partial charge in [0.15, 0.2) is 0 Å². The van der Waals surface area contributed by atoms with E-state index in [0.717, 1.165) is 0 Å². The van der Waals surface area contributed by atoms with Crippen LogP contribution in [-0.2, 0) is 4.79 Å². The van der Waals surface area contributed by atoms with Gasteiger partial charge in [-0.25, -0.2) is 8.78 Å². The number of fused-ring (bicyclic) bond motifs is 1. The second-order valence-corrected chi connectivity index (χ2v) is 6.54. The third-order valence-electron chi connectivity index (χ3n) is 4.76. The second kappa shape index (κ2) is 7.23. The minimum absolute atomic E-state index is 0.175. The first-order chi connectivity index (χ1) is 13.5. The lowest BCUT2D eigenvalue weighted by atomic mass is 9.89. The van der Waals surface area contributed by atoms with Gasteiger partial charge in [-0.3, -0.25) is 9.59 Å². The van der Waals surface area contributed by atoms with Gasteiger partial charge in [0.1, 0.15) is 11.6 Å². The first kappa shape index (κ1) is 17.9. The van der Waals surface area contributed by atoms with Crippen LogP contribution in [0.1, 0.15) is 21.8 Å². The van der Waals surface area contributed by atoms with Crippen LogP contribution in [0, 0.1) is 11.6 Å². The third kappa shape index (κ3) is 3.36. The molecule has 0 fully saturated rings. The first-order valence-corrected chi connectivity index (χ1v) is 8.76. The lowest BCUT2D eigenvalue weighted by Crippen LogP contribution is -2.40. The number of hydrogen-bond acceptors (Lipinski definition) is 2. The normalized spacial score (nSPS) is 15.5. The standard InChI is InChI=1S/C22H16F2N2O2/c23-14-7-5-13(6-8-14)18-11-15(24)9-10-20(18)26-22(28)19-12-25-21(27)17-4-2-1-3-16(17)19/h1-11,19H,12H2,(H,25,27)(H,26,28). The van der Waals surface area contributed by atoms with Gasteiger partial charge in [-0.05, 0) is 47.5 Å². The van der Waals surface area contributed by atoms with Crippen molar-refractivity contribution in [2.24, 2.45) is 0 Å². The van der Waals surface area contributed by atoms with Crippen molar-refractivity contribution in [3.63, 3.8) is 0 Å². The Labute approximate surface area is 160 Å². The first-order valence-electron chi connectivity index (χ1n) is 8.76. The van der Waals surface area contributed by atoms with Crippen LogP contribution in [0.15, 0.2) is 66.7 Å². The molecular weight excluding hydrogens is 362 g/mol. The summed E-state index contributed by atoms with van der Waals surface area (Å²) in [5, 5.41) is 5.54. The molecule has 6 heteroatoms. The van der Waals surface area contributed by atoms with Crippen molar-refractivity contribution in [2.75, 3.05) is 11.9 Å². The van der Waals surface area contributed by atoms with Crippen LogP contribution in [0.3, 0.4) is 0 Å². The zero-order chi connectivity index (χ0) is 19.7. The SMILES string of the molecule is O=C1NCC(C(=O)Nc2ccc(F)cc2-c2ccc(F)cc2)c2ccccc21. The molecule has 0 saturated heterocycles. The van der Waals surface area contributed by atoms with Gasteiger partial charge in [0.2, 0.25) is 5.91 Å². The number of carbonyl (C=O) groups excluding carboxylic acids is 2. The van der Waals surface area contributed by atoms with Crippen molar-refractivity contribution in [1.82, 2.24) is 5.32 Å². The number of carbonyl (C=O) groups is 2. The van der Waals surface area contributed by atoms with E-state index in [1.807, 2.05) is 0 Å². The number of hydrogen-bond donors (Lipinski definition) is 2. The number of amides is 2. The summed E-state index contributed by atoms with van der Waals surface area (Å²) in [6.45, 7) is 0.175. The molecular formula is C22H16F2N2O2. The molecule has 1 atom stereocenters. The molecule has 0 saturated carbocycles. The van der Waals surface area contributed by atoms with Crippen molar-refractivity contribution in [1.29, 1.82) is 0 Å². The van der Waals surface area contributed by atoms with Gasteiger partial charge in [0, 0.05) is 23.4 Å². The molecule has 4 nitrogen and oxygen atoms in total. The summed E-state index contributed by atoms with van der Waals surface area (Å²) in [5.74, 6) is -1.97. The third-order valence-corrected chi connectivity index (χ3v) is 4.76. The van der Waals surface area contributed by atoms with E-state index >= 15 is 0 Å². The summed E-state index contributed by atoms with van der Waals surface area (Å²) in [6.07, 6.45) is 0. The quantitative estimate of drug-likeness (QED) is 0.721. The topological polar surface area (TPSA) is 58.2 Å². The summed E-state index contributed by atoms with van der Waals surface area (Å²) >= 11 is 0. The smallest absolute Gasteiger partial charge is 0.251 e. The largest absolute Gasteiger partial charge is 0.351 e. The Morgan fingerprint density at radius 3 is 2.43 bits per heavy atom. The van der Waals surface area contributed by atoms with Crippen molar-refractivity contribution >= 4 is 17.5 Å². The van der Waals surface area contributed by atoms with Crippen LogP contribution in [0.2, 0.25) is 0 Å². The molecule has 0 spiro atoms. The van der Waals surface area contributed by atoms with E-state index in [1.165, 1.54) is 42.5 Å². The fraction of sp³-hybridized carbons (Fsp3) is 0.0909. The van der Waals surface area contributed by atoms with E-state index in [2.05, 4.69) is 10.6 Å². The van der Waals surface area contributed by atoms with Crippen LogP contribution in [0.4, 0.5) is 14.5 Å². The molecule has 3 aromatic rings. The zero-order valence-electron chi connectivity index (χ0n) is 14.7. The molecule has 28 heavy (non-hydrogen) atoms. The summed E-state index contributed by atoms with van der Waals surface area (Å²) in [5.41, 5.74) is 2.54. The van der Waals surface area contributed by atoms with Crippen LogP contribution in [0.25, 0.3) is 11.1 Å². The van der Waals surface area contributed by atoms with Gasteiger partial charge in [-0.1, -0.05) is 30.3 Å². The number of benzene rings is 3. The Balaban J connectivity index is 1.67. The van der Waals surface area contributed by atoms with Gasteiger partial charge < -0.3 is 10.6 Å². The lowest BCUT2D eigenvalue weighted by Gasteiger charge is -2.25. The van der Waals surface area contributed by atoms with E-state index in [4.69, 9.17) is 0 Å². The fourth-order valence-electron chi connectivity index (χ4n) is 3.36. The van der Waals surface area contributed by atoms with Gasteiger partial charge in [-0.2, -0.15) is 0 Å². The van der Waals surface area contributed by atoms with Crippen molar-refractivity contribution in [3.05, 3.63) is 89.5 Å². The fourth-order valence-corrected chi connectivity index (χ4v) is 3.36. The Morgan fingerprint density at radius 1 is 0.929 bits per heavy atom. The highest BCUT2D eigenvalue weighted by atomic mass is 19.1. The van der Waals surface area contributed by atoms with Crippen LogP contribution < -0.4 is 10.6 Å². The molecule has 0 aliphatic carbocycles. The monoisotopic (exact) mass is 378 g/mol. The molecule has 1 heterocycles. The lowest BCUT2D eigenvalue weighted by molar-refractivity contribution is -0.117. The van der Waals surface area contributed by atoms with Crippen molar-refractivity contribution in [2.45, 2.75) is 5.92 Å². The van der Waals surface area contributed by atoms with Crippen LogP contribution >= 0.6 is 0 Å². The van der Waals surface area contributed by atoms with Crippen molar-refractivity contribution < 1.29 is 18.4 Å². The predicted octanol–water partition coefficient (Wildman–Crippen LogP) is 4.10. The van der Waals surface area contributed by atoms with E-state index < -0.39 is 17.6 Å². The summed E-state index contributed by atoms with van der Waals surface area (Å²) in [4.78, 5) is 24.9. The number of rotatable bonds is 3. The number of halogens is 2. The molecule has 1 aliphatic heterocycles. The average Bonchev–Trinajstić information content (AvgIpc) is 2.70. The highest BCUT2D eigenvalue weighted by Crippen LogP contribution is 2.31. The molecule has 3 aromatic carbocycles. The molecule has 1 unspecified atom stereocenters. The van der Waals surface area contributed by atoms with Gasteiger partial charge >= 0.3 is 0 Å². The maximum atomic E-state index is 13.8. The average molecular weight is 378 g/mol. The maximum Gasteiger partial charge on any atom is 0.251 e. The Kier molecular flexibility index (Phi) is 4.61. The number of anilines is 1. The number of nitrogens with one attached hydrogen (secondary N) is 2. The van der Waals surface area contributed by atoms with Crippen LogP contribution in [-0.4, -0.2) is 18.4 Å². The maximum absolute atomic E-state index is 13.8. The van der Waals surface area contributed by atoms with E-state index in [0.29, 0.717) is 27.9 Å². The summed E-state index contributed by atoms with van der Waals surface area (Å²) < 4.78 is 27.0. The molecule has 4 rings (SSSR count). The Hall–Kier alpha value is -3.54. The minimum Gasteiger partial charge on any atom is -0.351 e. The summed E-state index contributed by atoms with van der Waals surface area (Å²) in [6, 6.07) is 16.6.